The monoisotopic (exact) mass is 258 g/mol. The van der Waals surface area contributed by atoms with Crippen molar-refractivity contribution < 1.29 is 4.79 Å². The Labute approximate surface area is 89.9 Å². The molecule has 1 atom stereocenters. The van der Waals surface area contributed by atoms with Crippen LogP contribution in [-0.4, -0.2) is 15.7 Å². The molecule has 0 radical (unpaired) electrons. The van der Waals surface area contributed by atoms with E-state index < -0.39 is 0 Å². The number of nitrogens with one attached hydrogen (secondary N) is 2. The molecule has 0 aromatic carbocycles. The van der Waals surface area contributed by atoms with Gasteiger partial charge in [0, 0.05) is 18.8 Å². The number of halogens is 1. The summed E-state index contributed by atoms with van der Waals surface area (Å²) in [5, 5.41) is 2.71. The van der Waals surface area contributed by atoms with Crippen LogP contribution in [-0.2, 0) is 11.3 Å². The number of aromatic amines is 1. The van der Waals surface area contributed by atoms with Crippen molar-refractivity contribution in [2.75, 3.05) is 0 Å². The molecule has 0 aliphatic rings. The maximum Gasteiger partial charge on any atom is 0.247 e. The Hall–Kier alpha value is -1.10. The average Bonchev–Trinajstić information content (AvgIpc) is 2.16. The van der Waals surface area contributed by atoms with Gasteiger partial charge in [-0.25, -0.2) is 0 Å². The van der Waals surface area contributed by atoms with Gasteiger partial charge >= 0.3 is 0 Å². The van der Waals surface area contributed by atoms with Crippen LogP contribution in [0.1, 0.15) is 12.5 Å². The van der Waals surface area contributed by atoms with E-state index >= 15 is 0 Å². The predicted octanol–water partition coefficient (Wildman–Crippen LogP) is 0.774. The van der Waals surface area contributed by atoms with Crippen molar-refractivity contribution in [2.45, 2.75) is 18.3 Å². The number of carbonyl (C=O) groups is 1. The summed E-state index contributed by atoms with van der Waals surface area (Å²) in [5.74, 6) is -0.0730. The van der Waals surface area contributed by atoms with Crippen LogP contribution in [0.5, 0.6) is 0 Å². The van der Waals surface area contributed by atoms with Gasteiger partial charge in [-0.3, -0.25) is 9.59 Å². The first-order chi connectivity index (χ1) is 6.59. The summed E-state index contributed by atoms with van der Waals surface area (Å²) < 4.78 is 0. The number of carbonyl (C=O) groups excluding carboxylic acids is 1. The van der Waals surface area contributed by atoms with Crippen molar-refractivity contribution in [1.29, 1.82) is 0 Å². The zero-order chi connectivity index (χ0) is 10.6. The number of rotatable bonds is 3. The first-order valence-electron chi connectivity index (χ1n) is 4.19. The fourth-order valence-electron chi connectivity index (χ4n) is 0.883. The second-order valence-electron chi connectivity index (χ2n) is 2.89. The molecule has 1 rings (SSSR count). The van der Waals surface area contributed by atoms with Crippen molar-refractivity contribution in [3.05, 3.63) is 34.2 Å². The van der Waals surface area contributed by atoms with Gasteiger partial charge in [-0.15, -0.1) is 0 Å². The normalized spacial score (nSPS) is 12.1. The van der Waals surface area contributed by atoms with Crippen LogP contribution in [0.15, 0.2) is 23.1 Å². The van der Waals surface area contributed by atoms with Gasteiger partial charge in [-0.2, -0.15) is 0 Å². The molecule has 0 bridgehead atoms. The van der Waals surface area contributed by atoms with Gasteiger partial charge in [0.1, 0.15) is 0 Å². The molecule has 4 nitrogen and oxygen atoms in total. The summed E-state index contributed by atoms with van der Waals surface area (Å²) in [6.45, 7) is 2.17. The van der Waals surface area contributed by atoms with Crippen molar-refractivity contribution in [3.8, 4) is 0 Å². The molecule has 0 spiro atoms. The Balaban J connectivity index is 2.50. The highest BCUT2D eigenvalue weighted by molar-refractivity contribution is 9.10. The SMILES string of the molecule is CC(Br)C(=O)NCc1ccc(=O)[nH]c1. The highest BCUT2D eigenvalue weighted by atomic mass is 79.9. The zero-order valence-corrected chi connectivity index (χ0v) is 9.30. The van der Waals surface area contributed by atoms with E-state index in [9.17, 15) is 9.59 Å². The quantitative estimate of drug-likeness (QED) is 0.788. The van der Waals surface area contributed by atoms with Crippen LogP contribution in [0.25, 0.3) is 0 Å². The number of hydrogen-bond acceptors (Lipinski definition) is 2. The lowest BCUT2D eigenvalue weighted by Gasteiger charge is -2.05. The molecule has 1 aromatic rings. The van der Waals surface area contributed by atoms with E-state index in [1.54, 1.807) is 19.2 Å². The molecule has 1 aromatic heterocycles. The minimum absolute atomic E-state index is 0.0730. The molecule has 1 heterocycles. The molecule has 2 N–H and O–H groups in total. The molecular formula is C9H11BrN2O2. The van der Waals surface area contributed by atoms with Crippen LogP contribution in [0.3, 0.4) is 0 Å². The van der Waals surface area contributed by atoms with Crippen molar-refractivity contribution in [2.24, 2.45) is 0 Å². The molecule has 14 heavy (non-hydrogen) atoms. The second kappa shape index (κ2) is 4.95. The summed E-state index contributed by atoms with van der Waals surface area (Å²) in [6.07, 6.45) is 1.58. The fraction of sp³-hybridized carbons (Fsp3) is 0.333. The first-order valence-corrected chi connectivity index (χ1v) is 5.10. The minimum Gasteiger partial charge on any atom is -0.351 e. The van der Waals surface area contributed by atoms with Crippen LogP contribution >= 0.6 is 15.9 Å². The van der Waals surface area contributed by atoms with Crippen molar-refractivity contribution in [1.82, 2.24) is 10.3 Å². The predicted molar refractivity (Wildman–Crippen MR) is 57.3 cm³/mol. The lowest BCUT2D eigenvalue weighted by Crippen LogP contribution is -2.28. The van der Waals surface area contributed by atoms with Crippen molar-refractivity contribution in [3.63, 3.8) is 0 Å². The summed E-state index contributed by atoms with van der Waals surface area (Å²) >= 11 is 3.16. The van der Waals surface area contributed by atoms with E-state index in [1.807, 2.05) is 0 Å². The summed E-state index contributed by atoms with van der Waals surface area (Å²) in [7, 11) is 0. The Morgan fingerprint density at radius 2 is 2.36 bits per heavy atom. The standard InChI is InChI=1S/C9H11BrN2O2/c1-6(10)9(14)12-5-7-2-3-8(13)11-4-7/h2-4,6H,5H2,1H3,(H,11,13)(H,12,14). The Morgan fingerprint density at radius 1 is 1.64 bits per heavy atom. The summed E-state index contributed by atoms with van der Waals surface area (Å²) in [4.78, 5) is 24.2. The number of hydrogen-bond donors (Lipinski definition) is 2. The van der Waals surface area contributed by atoms with Crippen LogP contribution in [0.2, 0.25) is 0 Å². The Morgan fingerprint density at radius 3 is 2.86 bits per heavy atom. The van der Waals surface area contributed by atoms with Gasteiger partial charge in [0.25, 0.3) is 0 Å². The van der Waals surface area contributed by atoms with E-state index in [2.05, 4.69) is 26.2 Å². The maximum absolute atomic E-state index is 11.2. The average molecular weight is 259 g/mol. The van der Waals surface area contributed by atoms with E-state index in [0.29, 0.717) is 6.54 Å². The van der Waals surface area contributed by atoms with Crippen molar-refractivity contribution >= 4 is 21.8 Å². The third-order valence-corrected chi connectivity index (χ3v) is 2.09. The van der Waals surface area contributed by atoms with Gasteiger partial charge in [0.2, 0.25) is 11.5 Å². The molecule has 0 fully saturated rings. The van der Waals surface area contributed by atoms with Gasteiger partial charge in [0.15, 0.2) is 0 Å². The largest absolute Gasteiger partial charge is 0.351 e. The van der Waals surface area contributed by atoms with Gasteiger partial charge in [-0.1, -0.05) is 22.0 Å². The minimum atomic E-state index is -0.203. The zero-order valence-electron chi connectivity index (χ0n) is 7.71. The molecule has 0 aliphatic heterocycles. The third-order valence-electron chi connectivity index (χ3n) is 1.68. The van der Waals surface area contributed by atoms with Crippen LogP contribution in [0.4, 0.5) is 0 Å². The maximum atomic E-state index is 11.2. The molecule has 0 aliphatic carbocycles. The number of H-pyrrole nitrogens is 1. The lowest BCUT2D eigenvalue weighted by atomic mass is 10.3. The van der Waals surface area contributed by atoms with E-state index in [1.165, 1.54) is 6.07 Å². The fourth-order valence-corrected chi connectivity index (χ4v) is 1.04. The number of alkyl halides is 1. The molecule has 0 saturated heterocycles. The number of amides is 1. The van der Waals surface area contributed by atoms with Gasteiger partial charge < -0.3 is 10.3 Å². The Kier molecular flexibility index (Phi) is 3.88. The lowest BCUT2D eigenvalue weighted by molar-refractivity contribution is -0.120. The number of aromatic nitrogens is 1. The Bertz CT molecular complexity index is 353. The first kappa shape index (κ1) is 11.0. The van der Waals surface area contributed by atoms with Crippen LogP contribution < -0.4 is 10.9 Å². The molecule has 5 heteroatoms. The smallest absolute Gasteiger partial charge is 0.247 e. The molecular weight excluding hydrogens is 248 g/mol. The summed E-state index contributed by atoms with van der Waals surface area (Å²) in [5.41, 5.74) is 0.722. The number of pyridine rings is 1. The van der Waals surface area contributed by atoms with Crippen LogP contribution in [0, 0.1) is 0 Å². The molecule has 1 unspecified atom stereocenters. The van der Waals surface area contributed by atoms with Gasteiger partial charge in [0.05, 0.1) is 4.83 Å². The van der Waals surface area contributed by atoms with E-state index in [4.69, 9.17) is 0 Å². The molecule has 76 valence electrons. The highest BCUT2D eigenvalue weighted by Gasteiger charge is 2.06. The van der Waals surface area contributed by atoms with Gasteiger partial charge in [-0.05, 0) is 12.5 Å². The topological polar surface area (TPSA) is 62.0 Å². The van der Waals surface area contributed by atoms with E-state index in [-0.39, 0.29) is 16.3 Å². The second-order valence-corrected chi connectivity index (χ2v) is 4.27. The molecule has 0 saturated carbocycles. The highest BCUT2D eigenvalue weighted by Crippen LogP contribution is 1.98. The summed E-state index contributed by atoms with van der Waals surface area (Å²) in [6, 6.07) is 3.11. The third kappa shape index (κ3) is 3.33. The van der Waals surface area contributed by atoms with E-state index in [0.717, 1.165) is 5.56 Å². The molecule has 1 amide bonds.